The van der Waals surface area contributed by atoms with E-state index in [-0.39, 0.29) is 0 Å². The van der Waals surface area contributed by atoms with E-state index in [2.05, 4.69) is 18.7 Å². The van der Waals surface area contributed by atoms with Crippen LogP contribution in [0, 0.1) is 5.92 Å². The Bertz CT molecular complexity index is 194. The summed E-state index contributed by atoms with van der Waals surface area (Å²) in [6, 6.07) is 0.711. The molecule has 15 heavy (non-hydrogen) atoms. The largest absolute Gasteiger partial charge is 0.389 e. The third-order valence-corrected chi connectivity index (χ3v) is 3.51. The number of likely N-dealkylation sites (tertiary alicyclic amines) is 1. The molecular weight excluding hydrogens is 188 g/mol. The Hall–Kier alpha value is -0.120. The van der Waals surface area contributed by atoms with Crippen molar-refractivity contribution >= 4 is 0 Å². The zero-order valence-corrected chi connectivity index (χ0v) is 10.4. The lowest BCUT2D eigenvalue weighted by atomic mass is 10.0. The van der Waals surface area contributed by atoms with Crippen LogP contribution in [-0.4, -0.2) is 41.3 Å². The van der Waals surface area contributed by atoms with Gasteiger partial charge in [-0.05, 0) is 45.6 Å². The van der Waals surface area contributed by atoms with Gasteiger partial charge in [0.2, 0.25) is 0 Å². The Morgan fingerprint density at radius 1 is 1.47 bits per heavy atom. The molecule has 3 N–H and O–H groups in total. The molecule has 1 aliphatic rings. The molecule has 0 amide bonds. The first-order valence-electron chi connectivity index (χ1n) is 6.11. The second-order valence-electron chi connectivity index (χ2n) is 5.49. The van der Waals surface area contributed by atoms with Gasteiger partial charge in [0.15, 0.2) is 0 Å². The smallest absolute Gasteiger partial charge is 0.0741 e. The van der Waals surface area contributed by atoms with Crippen molar-refractivity contribution in [2.75, 3.05) is 19.6 Å². The Balaban J connectivity index is 2.20. The highest BCUT2D eigenvalue weighted by Crippen LogP contribution is 2.23. The Morgan fingerprint density at radius 3 is 2.60 bits per heavy atom. The highest BCUT2D eigenvalue weighted by Gasteiger charge is 2.26. The summed E-state index contributed by atoms with van der Waals surface area (Å²) >= 11 is 0. The molecule has 3 unspecified atom stereocenters. The van der Waals surface area contributed by atoms with Gasteiger partial charge in [0, 0.05) is 19.1 Å². The average Bonchev–Trinajstić information content (AvgIpc) is 2.45. The van der Waals surface area contributed by atoms with Crippen molar-refractivity contribution < 1.29 is 5.11 Å². The van der Waals surface area contributed by atoms with Crippen LogP contribution in [0.1, 0.15) is 40.0 Å². The summed E-state index contributed by atoms with van der Waals surface area (Å²) < 4.78 is 0. The Kier molecular flexibility index (Phi) is 4.56. The van der Waals surface area contributed by atoms with Gasteiger partial charge in [-0.15, -0.1) is 0 Å². The van der Waals surface area contributed by atoms with Gasteiger partial charge in [0.1, 0.15) is 0 Å². The van der Waals surface area contributed by atoms with Crippen LogP contribution in [0.25, 0.3) is 0 Å². The number of hydrogen-bond acceptors (Lipinski definition) is 3. The molecule has 0 aromatic carbocycles. The van der Waals surface area contributed by atoms with Crippen LogP contribution in [0.3, 0.4) is 0 Å². The second-order valence-corrected chi connectivity index (χ2v) is 5.49. The zero-order valence-electron chi connectivity index (χ0n) is 10.4. The lowest BCUT2D eigenvalue weighted by Crippen LogP contribution is -2.36. The standard InChI is InChI=1S/C12H26N2O/c1-10-7-11(2)14(8-10)6-4-5-12(3,15)9-13/h10-11,15H,4-9,13H2,1-3H3. The minimum atomic E-state index is -0.672. The molecule has 1 fully saturated rings. The fourth-order valence-electron chi connectivity index (χ4n) is 2.46. The predicted molar refractivity (Wildman–Crippen MR) is 63.7 cm³/mol. The van der Waals surface area contributed by atoms with E-state index in [4.69, 9.17) is 5.73 Å². The summed E-state index contributed by atoms with van der Waals surface area (Å²) in [6.45, 7) is 9.10. The number of hydrogen-bond donors (Lipinski definition) is 2. The quantitative estimate of drug-likeness (QED) is 0.723. The zero-order chi connectivity index (χ0) is 11.5. The third-order valence-electron chi connectivity index (χ3n) is 3.51. The maximum absolute atomic E-state index is 9.77. The highest BCUT2D eigenvalue weighted by atomic mass is 16.3. The molecule has 0 radical (unpaired) electrons. The molecule has 0 aromatic heterocycles. The number of nitrogens with two attached hydrogens (primary N) is 1. The van der Waals surface area contributed by atoms with Crippen molar-refractivity contribution in [1.82, 2.24) is 4.90 Å². The normalized spacial score (nSPS) is 31.8. The summed E-state index contributed by atoms with van der Waals surface area (Å²) in [6.07, 6.45) is 3.16. The van der Waals surface area contributed by atoms with Gasteiger partial charge in [-0.25, -0.2) is 0 Å². The molecule has 90 valence electrons. The summed E-state index contributed by atoms with van der Waals surface area (Å²) in [4.78, 5) is 2.53. The van der Waals surface area contributed by atoms with E-state index in [1.165, 1.54) is 13.0 Å². The lowest BCUT2D eigenvalue weighted by Gasteiger charge is -2.25. The SMILES string of the molecule is CC1CC(C)N(CCCC(C)(O)CN)C1. The van der Waals surface area contributed by atoms with E-state index in [9.17, 15) is 5.11 Å². The van der Waals surface area contributed by atoms with Gasteiger partial charge >= 0.3 is 0 Å². The van der Waals surface area contributed by atoms with Crippen molar-refractivity contribution in [2.45, 2.75) is 51.7 Å². The van der Waals surface area contributed by atoms with Gasteiger partial charge in [-0.3, -0.25) is 0 Å². The molecule has 0 aliphatic carbocycles. The maximum Gasteiger partial charge on any atom is 0.0741 e. The van der Waals surface area contributed by atoms with Gasteiger partial charge in [-0.2, -0.15) is 0 Å². The molecule has 3 nitrogen and oxygen atoms in total. The van der Waals surface area contributed by atoms with Crippen LogP contribution in [-0.2, 0) is 0 Å². The first-order valence-corrected chi connectivity index (χ1v) is 6.11. The summed E-state index contributed by atoms with van der Waals surface area (Å²) in [7, 11) is 0. The van der Waals surface area contributed by atoms with Gasteiger partial charge in [0.25, 0.3) is 0 Å². The van der Waals surface area contributed by atoms with E-state index in [0.29, 0.717) is 12.6 Å². The molecule has 1 rings (SSSR count). The molecule has 3 atom stereocenters. The summed E-state index contributed by atoms with van der Waals surface area (Å²) in [5.74, 6) is 0.829. The summed E-state index contributed by atoms with van der Waals surface area (Å²) in [5, 5.41) is 9.77. The Morgan fingerprint density at radius 2 is 2.13 bits per heavy atom. The van der Waals surface area contributed by atoms with Crippen molar-refractivity contribution in [3.05, 3.63) is 0 Å². The minimum absolute atomic E-state index is 0.360. The van der Waals surface area contributed by atoms with Crippen LogP contribution in [0.2, 0.25) is 0 Å². The molecule has 3 heteroatoms. The van der Waals surface area contributed by atoms with Crippen molar-refractivity contribution in [3.63, 3.8) is 0 Å². The molecule has 0 saturated carbocycles. The minimum Gasteiger partial charge on any atom is -0.389 e. The summed E-state index contributed by atoms with van der Waals surface area (Å²) in [5.41, 5.74) is 4.81. The monoisotopic (exact) mass is 214 g/mol. The number of aliphatic hydroxyl groups is 1. The van der Waals surface area contributed by atoms with E-state index in [0.717, 1.165) is 25.3 Å². The molecular formula is C12H26N2O. The molecule has 0 bridgehead atoms. The highest BCUT2D eigenvalue weighted by molar-refractivity contribution is 4.81. The van der Waals surface area contributed by atoms with E-state index >= 15 is 0 Å². The van der Waals surface area contributed by atoms with Crippen LogP contribution in [0.5, 0.6) is 0 Å². The average molecular weight is 214 g/mol. The Labute approximate surface area is 93.6 Å². The fourth-order valence-corrected chi connectivity index (χ4v) is 2.46. The first kappa shape index (κ1) is 12.9. The molecule has 0 aromatic rings. The van der Waals surface area contributed by atoms with E-state index < -0.39 is 5.60 Å². The van der Waals surface area contributed by atoms with Gasteiger partial charge < -0.3 is 15.7 Å². The third kappa shape index (κ3) is 4.09. The molecule has 0 spiro atoms. The van der Waals surface area contributed by atoms with Crippen LogP contribution < -0.4 is 5.73 Å². The molecule has 1 heterocycles. The van der Waals surface area contributed by atoms with Gasteiger partial charge in [-0.1, -0.05) is 6.92 Å². The number of nitrogens with zero attached hydrogens (tertiary/aromatic N) is 1. The van der Waals surface area contributed by atoms with Gasteiger partial charge in [0.05, 0.1) is 5.60 Å². The number of rotatable bonds is 5. The fraction of sp³-hybridized carbons (Fsp3) is 1.00. The lowest BCUT2D eigenvalue weighted by molar-refractivity contribution is 0.0540. The topological polar surface area (TPSA) is 49.5 Å². The van der Waals surface area contributed by atoms with Crippen LogP contribution >= 0.6 is 0 Å². The first-order chi connectivity index (χ1) is 6.94. The van der Waals surface area contributed by atoms with E-state index in [1.807, 2.05) is 6.92 Å². The second kappa shape index (κ2) is 5.28. The van der Waals surface area contributed by atoms with Crippen molar-refractivity contribution in [1.29, 1.82) is 0 Å². The van der Waals surface area contributed by atoms with Crippen LogP contribution in [0.15, 0.2) is 0 Å². The van der Waals surface area contributed by atoms with Crippen LogP contribution in [0.4, 0.5) is 0 Å². The molecule has 1 saturated heterocycles. The van der Waals surface area contributed by atoms with Crippen molar-refractivity contribution in [3.8, 4) is 0 Å². The predicted octanol–water partition coefficient (Wildman–Crippen LogP) is 1.21. The maximum atomic E-state index is 9.77. The van der Waals surface area contributed by atoms with Crippen molar-refractivity contribution in [2.24, 2.45) is 11.7 Å². The molecule has 1 aliphatic heterocycles. The van der Waals surface area contributed by atoms with E-state index in [1.54, 1.807) is 0 Å².